The van der Waals surface area contributed by atoms with Gasteiger partial charge in [-0.1, -0.05) is 37.3 Å². The SMILES string of the molecule is COCC1(C)CCN(C(=O)NC(CCC(=O)O)Cc2ccccc2)CC1. The van der Waals surface area contributed by atoms with Gasteiger partial charge < -0.3 is 20.1 Å². The molecule has 144 valence electrons. The fourth-order valence-electron chi connectivity index (χ4n) is 3.43. The Morgan fingerprint density at radius 3 is 2.50 bits per heavy atom. The highest BCUT2D eigenvalue weighted by Gasteiger charge is 2.32. The molecular formula is C20H30N2O4. The van der Waals surface area contributed by atoms with E-state index in [4.69, 9.17) is 9.84 Å². The van der Waals surface area contributed by atoms with E-state index in [-0.39, 0.29) is 23.9 Å². The van der Waals surface area contributed by atoms with Crippen molar-refractivity contribution in [2.75, 3.05) is 26.8 Å². The van der Waals surface area contributed by atoms with Crippen LogP contribution in [0, 0.1) is 5.41 Å². The molecule has 2 N–H and O–H groups in total. The number of hydrogen-bond acceptors (Lipinski definition) is 3. The molecule has 2 amide bonds. The van der Waals surface area contributed by atoms with E-state index in [9.17, 15) is 9.59 Å². The maximum atomic E-state index is 12.6. The third-order valence-electron chi connectivity index (χ3n) is 5.11. The van der Waals surface area contributed by atoms with Crippen LogP contribution >= 0.6 is 0 Å². The lowest BCUT2D eigenvalue weighted by Gasteiger charge is -2.39. The van der Waals surface area contributed by atoms with Gasteiger partial charge in [0.15, 0.2) is 0 Å². The predicted molar refractivity (Wildman–Crippen MR) is 100 cm³/mol. The van der Waals surface area contributed by atoms with Gasteiger partial charge in [-0.15, -0.1) is 0 Å². The minimum Gasteiger partial charge on any atom is -0.481 e. The molecule has 1 fully saturated rings. The molecule has 2 rings (SSSR count). The number of carbonyl (C=O) groups excluding carboxylic acids is 1. The molecule has 0 saturated carbocycles. The highest BCUT2D eigenvalue weighted by atomic mass is 16.5. The molecule has 1 unspecified atom stereocenters. The number of urea groups is 1. The van der Waals surface area contributed by atoms with E-state index in [1.165, 1.54) is 0 Å². The highest BCUT2D eigenvalue weighted by molar-refractivity contribution is 5.75. The van der Waals surface area contributed by atoms with Crippen molar-refractivity contribution in [3.63, 3.8) is 0 Å². The standard InChI is InChI=1S/C20H30N2O4/c1-20(15-26-2)10-12-22(13-11-20)19(25)21-17(8-9-18(23)24)14-16-6-4-3-5-7-16/h3-7,17H,8-15H2,1-2H3,(H,21,25)(H,23,24). The number of carboxylic acids is 1. The summed E-state index contributed by atoms with van der Waals surface area (Å²) in [5.74, 6) is -0.842. The highest BCUT2D eigenvalue weighted by Crippen LogP contribution is 2.31. The maximum Gasteiger partial charge on any atom is 0.317 e. The summed E-state index contributed by atoms with van der Waals surface area (Å²) >= 11 is 0. The van der Waals surface area contributed by atoms with Gasteiger partial charge in [0.2, 0.25) is 0 Å². The first-order valence-electron chi connectivity index (χ1n) is 9.22. The molecule has 0 aliphatic carbocycles. The molecule has 1 aromatic rings. The summed E-state index contributed by atoms with van der Waals surface area (Å²) < 4.78 is 5.29. The fourth-order valence-corrected chi connectivity index (χ4v) is 3.43. The minimum atomic E-state index is -0.842. The van der Waals surface area contributed by atoms with Gasteiger partial charge in [-0.25, -0.2) is 4.79 Å². The number of likely N-dealkylation sites (tertiary alicyclic amines) is 1. The van der Waals surface area contributed by atoms with Crippen LogP contribution in [0.3, 0.4) is 0 Å². The van der Waals surface area contributed by atoms with E-state index in [2.05, 4.69) is 12.2 Å². The van der Waals surface area contributed by atoms with E-state index >= 15 is 0 Å². The van der Waals surface area contributed by atoms with Crippen LogP contribution in [-0.2, 0) is 16.0 Å². The summed E-state index contributed by atoms with van der Waals surface area (Å²) in [6, 6.07) is 9.55. The topological polar surface area (TPSA) is 78.9 Å². The van der Waals surface area contributed by atoms with Crippen molar-refractivity contribution in [1.82, 2.24) is 10.2 Å². The van der Waals surface area contributed by atoms with Crippen LogP contribution in [0.15, 0.2) is 30.3 Å². The number of aliphatic carboxylic acids is 1. The summed E-state index contributed by atoms with van der Waals surface area (Å²) in [5, 5.41) is 12.0. The van der Waals surface area contributed by atoms with Crippen LogP contribution in [-0.4, -0.2) is 54.9 Å². The first-order valence-corrected chi connectivity index (χ1v) is 9.22. The Hall–Kier alpha value is -2.08. The molecule has 6 nitrogen and oxygen atoms in total. The first kappa shape index (κ1) is 20.2. The van der Waals surface area contributed by atoms with E-state index in [1.54, 1.807) is 7.11 Å². The normalized spacial score (nSPS) is 17.5. The zero-order valence-corrected chi connectivity index (χ0v) is 15.7. The summed E-state index contributed by atoms with van der Waals surface area (Å²) in [6.45, 7) is 4.29. The molecule has 1 aliphatic rings. The number of nitrogens with zero attached hydrogens (tertiary/aromatic N) is 1. The van der Waals surface area contributed by atoms with Crippen LogP contribution < -0.4 is 5.32 Å². The average Bonchev–Trinajstić information content (AvgIpc) is 2.61. The second-order valence-corrected chi connectivity index (χ2v) is 7.50. The Kier molecular flexibility index (Phi) is 7.45. The molecule has 0 radical (unpaired) electrons. The van der Waals surface area contributed by atoms with Crippen LogP contribution in [0.4, 0.5) is 4.79 Å². The second kappa shape index (κ2) is 9.57. The third kappa shape index (κ3) is 6.33. The number of hydrogen-bond donors (Lipinski definition) is 2. The summed E-state index contributed by atoms with van der Waals surface area (Å²) in [5.41, 5.74) is 1.22. The Bertz CT molecular complexity index is 583. The molecule has 0 bridgehead atoms. The van der Waals surface area contributed by atoms with Gasteiger partial charge in [0.1, 0.15) is 0 Å². The number of ether oxygens (including phenoxy) is 1. The first-order chi connectivity index (χ1) is 12.4. The van der Waals surface area contributed by atoms with Gasteiger partial charge >= 0.3 is 12.0 Å². The minimum absolute atomic E-state index is 0.0453. The van der Waals surface area contributed by atoms with Crippen LogP contribution in [0.5, 0.6) is 0 Å². The second-order valence-electron chi connectivity index (χ2n) is 7.50. The van der Waals surface area contributed by atoms with Crippen molar-refractivity contribution in [1.29, 1.82) is 0 Å². The zero-order valence-electron chi connectivity index (χ0n) is 15.7. The Labute approximate surface area is 155 Å². The molecule has 1 aromatic carbocycles. The average molecular weight is 362 g/mol. The number of nitrogens with one attached hydrogen (secondary N) is 1. The van der Waals surface area contributed by atoms with Crippen LogP contribution in [0.25, 0.3) is 0 Å². The van der Waals surface area contributed by atoms with E-state index < -0.39 is 5.97 Å². The maximum absolute atomic E-state index is 12.6. The predicted octanol–water partition coefficient (Wildman–Crippen LogP) is 2.92. The molecule has 1 heterocycles. The lowest BCUT2D eigenvalue weighted by Crippen LogP contribution is -2.50. The Morgan fingerprint density at radius 1 is 1.27 bits per heavy atom. The summed E-state index contributed by atoms with van der Waals surface area (Å²) in [4.78, 5) is 25.4. The molecule has 6 heteroatoms. The van der Waals surface area contributed by atoms with Gasteiger partial charge in [0.25, 0.3) is 0 Å². The molecule has 26 heavy (non-hydrogen) atoms. The van der Waals surface area contributed by atoms with Gasteiger partial charge in [0, 0.05) is 32.7 Å². The van der Waals surface area contributed by atoms with Gasteiger partial charge in [-0.2, -0.15) is 0 Å². The van der Waals surface area contributed by atoms with Crippen LogP contribution in [0.2, 0.25) is 0 Å². The number of amides is 2. The van der Waals surface area contributed by atoms with Crippen molar-refractivity contribution in [3.05, 3.63) is 35.9 Å². The lowest BCUT2D eigenvalue weighted by atomic mass is 9.81. The number of methoxy groups -OCH3 is 1. The van der Waals surface area contributed by atoms with Gasteiger partial charge in [-0.05, 0) is 36.7 Å². The summed E-state index contributed by atoms with van der Waals surface area (Å²) in [6.07, 6.45) is 2.92. The molecular weight excluding hydrogens is 332 g/mol. The number of piperidine rings is 1. The van der Waals surface area contributed by atoms with Gasteiger partial charge in [-0.3, -0.25) is 4.79 Å². The summed E-state index contributed by atoms with van der Waals surface area (Å²) in [7, 11) is 1.71. The van der Waals surface area contributed by atoms with Crippen molar-refractivity contribution in [2.45, 2.75) is 45.1 Å². The quantitative estimate of drug-likeness (QED) is 0.745. The van der Waals surface area contributed by atoms with E-state index in [1.807, 2.05) is 35.2 Å². The van der Waals surface area contributed by atoms with Gasteiger partial charge in [0.05, 0.1) is 6.61 Å². The smallest absolute Gasteiger partial charge is 0.317 e. The van der Waals surface area contributed by atoms with E-state index in [0.717, 1.165) is 18.4 Å². The van der Waals surface area contributed by atoms with Crippen LogP contribution in [0.1, 0.15) is 38.2 Å². The number of carbonyl (C=O) groups is 2. The molecule has 0 aromatic heterocycles. The number of rotatable bonds is 8. The molecule has 1 atom stereocenters. The number of benzene rings is 1. The lowest BCUT2D eigenvalue weighted by molar-refractivity contribution is -0.137. The van der Waals surface area contributed by atoms with Crippen molar-refractivity contribution < 1.29 is 19.4 Å². The number of carboxylic acid groups (broad SMARTS) is 1. The van der Waals surface area contributed by atoms with E-state index in [0.29, 0.717) is 32.5 Å². The largest absolute Gasteiger partial charge is 0.481 e. The molecule has 0 spiro atoms. The Balaban J connectivity index is 1.92. The van der Waals surface area contributed by atoms with Crippen molar-refractivity contribution in [3.8, 4) is 0 Å². The fraction of sp³-hybridized carbons (Fsp3) is 0.600. The molecule has 1 aliphatic heterocycles. The third-order valence-corrected chi connectivity index (χ3v) is 5.11. The Morgan fingerprint density at radius 2 is 1.92 bits per heavy atom. The monoisotopic (exact) mass is 362 g/mol. The van der Waals surface area contributed by atoms with Crippen molar-refractivity contribution in [2.24, 2.45) is 5.41 Å². The molecule has 1 saturated heterocycles. The zero-order chi connectivity index (χ0) is 19.0. The van der Waals surface area contributed by atoms with Crippen molar-refractivity contribution >= 4 is 12.0 Å².